The number of aliphatic hydroxyl groups excluding tert-OH is 1. The Morgan fingerprint density at radius 1 is 1.31 bits per heavy atom. The van der Waals surface area contributed by atoms with Gasteiger partial charge in [-0.2, -0.15) is 5.10 Å². The Balaban J connectivity index is 2.57. The van der Waals surface area contributed by atoms with Crippen LogP contribution in [0.2, 0.25) is 0 Å². The second kappa shape index (κ2) is 4.66. The van der Waals surface area contributed by atoms with Crippen molar-refractivity contribution in [2.45, 2.75) is 33.2 Å². The first-order valence-electron chi connectivity index (χ1n) is 5.89. The maximum Gasteiger partial charge on any atom is 0.0700 e. The SMILES string of the molecule is CCc1nn(CC)c2cc(CCO)ccc12. The van der Waals surface area contributed by atoms with Crippen molar-refractivity contribution < 1.29 is 5.11 Å². The fourth-order valence-corrected chi connectivity index (χ4v) is 2.08. The van der Waals surface area contributed by atoms with Crippen molar-refractivity contribution in [1.29, 1.82) is 0 Å². The van der Waals surface area contributed by atoms with E-state index in [1.807, 2.05) is 4.68 Å². The number of aromatic nitrogens is 2. The van der Waals surface area contributed by atoms with Crippen LogP contribution < -0.4 is 0 Å². The highest BCUT2D eigenvalue weighted by Crippen LogP contribution is 2.21. The van der Waals surface area contributed by atoms with E-state index in [0.717, 1.165) is 18.7 Å². The van der Waals surface area contributed by atoms with Crippen LogP contribution in [-0.4, -0.2) is 21.5 Å². The summed E-state index contributed by atoms with van der Waals surface area (Å²) in [6.45, 7) is 5.32. The molecule has 0 saturated carbocycles. The zero-order chi connectivity index (χ0) is 11.5. The molecule has 0 atom stereocenters. The number of aryl methyl sites for hydroxylation is 2. The largest absolute Gasteiger partial charge is 0.396 e. The van der Waals surface area contributed by atoms with E-state index in [-0.39, 0.29) is 6.61 Å². The molecular formula is C13H18N2O. The molecule has 86 valence electrons. The third-order valence-electron chi connectivity index (χ3n) is 2.93. The highest BCUT2D eigenvalue weighted by Gasteiger charge is 2.08. The molecule has 0 fully saturated rings. The minimum Gasteiger partial charge on any atom is -0.396 e. The summed E-state index contributed by atoms with van der Waals surface area (Å²) in [6.07, 6.45) is 1.68. The van der Waals surface area contributed by atoms with Crippen LogP contribution in [0, 0.1) is 0 Å². The summed E-state index contributed by atoms with van der Waals surface area (Å²) >= 11 is 0. The lowest BCUT2D eigenvalue weighted by Gasteiger charge is -2.01. The zero-order valence-corrected chi connectivity index (χ0v) is 9.90. The van der Waals surface area contributed by atoms with E-state index in [9.17, 15) is 0 Å². The first kappa shape index (κ1) is 11.1. The maximum absolute atomic E-state index is 8.95. The minimum atomic E-state index is 0.201. The molecule has 0 aliphatic heterocycles. The van der Waals surface area contributed by atoms with E-state index < -0.39 is 0 Å². The van der Waals surface area contributed by atoms with Crippen LogP contribution in [0.5, 0.6) is 0 Å². The number of hydrogen-bond donors (Lipinski definition) is 1. The average molecular weight is 218 g/mol. The fraction of sp³-hybridized carbons (Fsp3) is 0.462. The number of aliphatic hydroxyl groups is 1. The van der Waals surface area contributed by atoms with E-state index >= 15 is 0 Å². The van der Waals surface area contributed by atoms with Crippen LogP contribution in [0.25, 0.3) is 10.9 Å². The quantitative estimate of drug-likeness (QED) is 0.854. The molecule has 1 aromatic heterocycles. The Labute approximate surface area is 95.7 Å². The smallest absolute Gasteiger partial charge is 0.0700 e. The fourth-order valence-electron chi connectivity index (χ4n) is 2.08. The van der Waals surface area contributed by atoms with Crippen molar-refractivity contribution in [3.05, 3.63) is 29.5 Å². The Morgan fingerprint density at radius 2 is 2.12 bits per heavy atom. The molecule has 3 heteroatoms. The van der Waals surface area contributed by atoms with Gasteiger partial charge in [-0.05, 0) is 31.4 Å². The summed E-state index contributed by atoms with van der Waals surface area (Å²) in [6, 6.07) is 6.35. The van der Waals surface area contributed by atoms with Gasteiger partial charge >= 0.3 is 0 Å². The Morgan fingerprint density at radius 3 is 2.75 bits per heavy atom. The molecule has 1 aromatic carbocycles. The van der Waals surface area contributed by atoms with E-state index in [1.165, 1.54) is 16.5 Å². The predicted octanol–water partition coefficient (Wildman–Crippen LogP) is 2.15. The van der Waals surface area contributed by atoms with Gasteiger partial charge < -0.3 is 5.11 Å². The van der Waals surface area contributed by atoms with Crippen LogP contribution in [0.15, 0.2) is 18.2 Å². The van der Waals surface area contributed by atoms with Crippen LogP contribution >= 0.6 is 0 Å². The lowest BCUT2D eigenvalue weighted by Crippen LogP contribution is -1.97. The highest BCUT2D eigenvalue weighted by molar-refractivity contribution is 5.82. The molecule has 0 saturated heterocycles. The molecule has 0 aliphatic carbocycles. The zero-order valence-electron chi connectivity index (χ0n) is 9.90. The topological polar surface area (TPSA) is 38.0 Å². The van der Waals surface area contributed by atoms with Gasteiger partial charge in [-0.15, -0.1) is 0 Å². The van der Waals surface area contributed by atoms with Crippen LogP contribution in [-0.2, 0) is 19.4 Å². The number of fused-ring (bicyclic) bond motifs is 1. The third-order valence-corrected chi connectivity index (χ3v) is 2.93. The van der Waals surface area contributed by atoms with Crippen LogP contribution in [0.1, 0.15) is 25.1 Å². The summed E-state index contributed by atoms with van der Waals surface area (Å²) < 4.78 is 2.04. The summed E-state index contributed by atoms with van der Waals surface area (Å²) in [5, 5.41) is 14.8. The maximum atomic E-state index is 8.95. The second-order valence-electron chi connectivity index (χ2n) is 3.94. The summed E-state index contributed by atoms with van der Waals surface area (Å²) in [7, 11) is 0. The molecule has 0 bridgehead atoms. The third kappa shape index (κ3) is 1.83. The lowest BCUT2D eigenvalue weighted by atomic mass is 10.1. The molecular weight excluding hydrogens is 200 g/mol. The molecule has 0 unspecified atom stereocenters. The molecule has 16 heavy (non-hydrogen) atoms. The molecule has 0 aliphatic rings. The van der Waals surface area contributed by atoms with Gasteiger partial charge in [0.15, 0.2) is 0 Å². The number of hydrogen-bond acceptors (Lipinski definition) is 2. The molecule has 1 heterocycles. The van der Waals surface area contributed by atoms with Gasteiger partial charge in [-0.1, -0.05) is 19.1 Å². The number of nitrogens with zero attached hydrogens (tertiary/aromatic N) is 2. The molecule has 0 radical (unpaired) electrons. The standard InChI is InChI=1S/C13H18N2O/c1-3-12-11-6-5-10(7-8-16)9-13(11)15(4-2)14-12/h5-6,9,16H,3-4,7-8H2,1-2H3. The molecule has 1 N–H and O–H groups in total. The Bertz CT molecular complexity index is 488. The van der Waals surface area contributed by atoms with Gasteiger partial charge in [-0.25, -0.2) is 0 Å². The van der Waals surface area contributed by atoms with Crippen LogP contribution in [0.4, 0.5) is 0 Å². The summed E-state index contributed by atoms with van der Waals surface area (Å²) in [5.41, 5.74) is 3.52. The first-order valence-corrected chi connectivity index (χ1v) is 5.89. The van der Waals surface area contributed by atoms with Gasteiger partial charge in [0.25, 0.3) is 0 Å². The van der Waals surface area contributed by atoms with Gasteiger partial charge in [0.2, 0.25) is 0 Å². The van der Waals surface area contributed by atoms with Gasteiger partial charge in [-0.3, -0.25) is 4.68 Å². The first-order chi connectivity index (χ1) is 7.80. The predicted molar refractivity (Wildman–Crippen MR) is 65.6 cm³/mol. The molecule has 0 spiro atoms. The lowest BCUT2D eigenvalue weighted by molar-refractivity contribution is 0.299. The van der Waals surface area contributed by atoms with Gasteiger partial charge in [0.1, 0.15) is 0 Å². The van der Waals surface area contributed by atoms with E-state index in [2.05, 4.69) is 37.1 Å². The molecule has 2 aromatic rings. The van der Waals surface area contributed by atoms with E-state index in [1.54, 1.807) is 0 Å². The highest BCUT2D eigenvalue weighted by atomic mass is 16.2. The number of benzene rings is 1. The average Bonchev–Trinajstić information content (AvgIpc) is 2.67. The monoisotopic (exact) mass is 218 g/mol. The molecule has 3 nitrogen and oxygen atoms in total. The molecule has 2 rings (SSSR count). The van der Waals surface area contributed by atoms with E-state index in [4.69, 9.17) is 5.11 Å². The van der Waals surface area contributed by atoms with Gasteiger partial charge in [0, 0.05) is 18.5 Å². The van der Waals surface area contributed by atoms with E-state index in [0.29, 0.717) is 6.42 Å². The number of rotatable bonds is 4. The van der Waals surface area contributed by atoms with Crippen molar-refractivity contribution in [2.75, 3.05) is 6.61 Å². The van der Waals surface area contributed by atoms with Crippen molar-refractivity contribution >= 4 is 10.9 Å². The van der Waals surface area contributed by atoms with Crippen molar-refractivity contribution in [3.63, 3.8) is 0 Å². The normalized spacial score (nSPS) is 11.2. The minimum absolute atomic E-state index is 0.201. The van der Waals surface area contributed by atoms with Crippen LogP contribution in [0.3, 0.4) is 0 Å². The van der Waals surface area contributed by atoms with Crippen molar-refractivity contribution in [1.82, 2.24) is 9.78 Å². The second-order valence-corrected chi connectivity index (χ2v) is 3.94. The van der Waals surface area contributed by atoms with Gasteiger partial charge in [0.05, 0.1) is 11.2 Å². The van der Waals surface area contributed by atoms with Crippen molar-refractivity contribution in [3.8, 4) is 0 Å². The van der Waals surface area contributed by atoms with Crippen molar-refractivity contribution in [2.24, 2.45) is 0 Å². The molecule has 0 amide bonds. The summed E-state index contributed by atoms with van der Waals surface area (Å²) in [5.74, 6) is 0. The Hall–Kier alpha value is -1.35. The Kier molecular flexibility index (Phi) is 3.25. The summed E-state index contributed by atoms with van der Waals surface area (Å²) in [4.78, 5) is 0.